The summed E-state index contributed by atoms with van der Waals surface area (Å²) in [4.78, 5) is 12.5. The molecule has 0 aliphatic heterocycles. The zero-order valence-electron chi connectivity index (χ0n) is 15.3. The van der Waals surface area contributed by atoms with E-state index in [0.29, 0.717) is 11.2 Å². The zero-order valence-corrected chi connectivity index (χ0v) is 15.3. The Balaban J connectivity index is 1.48. The lowest BCUT2D eigenvalue weighted by Gasteiger charge is -2.58. The number of fused-ring (bicyclic) bond motifs is 5. The van der Waals surface area contributed by atoms with Gasteiger partial charge in [-0.15, -0.1) is 0 Å². The van der Waals surface area contributed by atoms with E-state index in [9.17, 15) is 9.90 Å². The Morgan fingerprint density at radius 3 is 2.46 bits per heavy atom. The van der Waals surface area contributed by atoms with Crippen LogP contribution in [0, 0.1) is 40.4 Å². The van der Waals surface area contributed by atoms with Crippen molar-refractivity contribution in [3.8, 4) is 0 Å². The summed E-state index contributed by atoms with van der Waals surface area (Å²) in [5.74, 6) is 4.70. The van der Waals surface area contributed by atoms with Gasteiger partial charge in [-0.05, 0) is 105 Å². The molecule has 0 aromatic heterocycles. The van der Waals surface area contributed by atoms with Gasteiger partial charge < -0.3 is 5.11 Å². The van der Waals surface area contributed by atoms with Crippen LogP contribution in [-0.2, 0) is 4.79 Å². The van der Waals surface area contributed by atoms with Crippen molar-refractivity contribution in [3.63, 3.8) is 0 Å². The Hall–Kier alpha value is -0.370. The van der Waals surface area contributed by atoms with Crippen LogP contribution < -0.4 is 0 Å². The molecule has 5 aliphatic carbocycles. The highest BCUT2D eigenvalue weighted by molar-refractivity contribution is 5.79. The fourth-order valence-corrected chi connectivity index (χ4v) is 8.26. The third kappa shape index (κ3) is 2.07. The van der Waals surface area contributed by atoms with Crippen molar-refractivity contribution in [1.29, 1.82) is 0 Å². The third-order valence-electron chi connectivity index (χ3n) is 9.53. The molecule has 134 valence electrons. The molecule has 2 nitrogen and oxygen atoms in total. The standard InChI is InChI=1S/C22H34O2/c1-21-11-9-17-16(18(21)7-8-20(21)24)10-12-22(14-5-6-14)13-15(23)3-2-4-19(17)22/h14,16-20,24H,2-13H2,1H3/t16-,17?,18?,19?,20+,21?,22-/m1/s1. The molecular weight excluding hydrogens is 296 g/mol. The van der Waals surface area contributed by atoms with Crippen molar-refractivity contribution < 1.29 is 9.90 Å². The Kier molecular flexibility index (Phi) is 3.51. The molecule has 0 bridgehead atoms. The van der Waals surface area contributed by atoms with Crippen molar-refractivity contribution in [3.05, 3.63) is 0 Å². The van der Waals surface area contributed by atoms with Gasteiger partial charge in [0.05, 0.1) is 6.10 Å². The van der Waals surface area contributed by atoms with Gasteiger partial charge in [0, 0.05) is 12.8 Å². The smallest absolute Gasteiger partial charge is 0.133 e. The molecule has 4 unspecified atom stereocenters. The molecule has 0 amide bonds. The predicted octanol–water partition coefficient (Wildman–Crippen LogP) is 4.74. The number of hydrogen-bond donors (Lipinski definition) is 1. The molecule has 5 aliphatic rings. The molecule has 0 aromatic carbocycles. The molecule has 24 heavy (non-hydrogen) atoms. The Morgan fingerprint density at radius 1 is 0.917 bits per heavy atom. The minimum absolute atomic E-state index is 0.0609. The van der Waals surface area contributed by atoms with Crippen molar-refractivity contribution in [1.82, 2.24) is 0 Å². The average Bonchev–Trinajstić information content (AvgIpc) is 3.36. The maximum Gasteiger partial charge on any atom is 0.133 e. The summed E-state index contributed by atoms with van der Waals surface area (Å²) in [7, 11) is 0. The fraction of sp³-hybridized carbons (Fsp3) is 0.955. The van der Waals surface area contributed by atoms with Gasteiger partial charge >= 0.3 is 0 Å². The number of hydrogen-bond acceptors (Lipinski definition) is 2. The summed E-state index contributed by atoms with van der Waals surface area (Å²) in [5.41, 5.74) is 0.584. The predicted molar refractivity (Wildman–Crippen MR) is 94.4 cm³/mol. The highest BCUT2D eigenvalue weighted by Crippen LogP contribution is 2.68. The van der Waals surface area contributed by atoms with Crippen molar-refractivity contribution in [2.45, 2.75) is 90.1 Å². The monoisotopic (exact) mass is 330 g/mol. The van der Waals surface area contributed by atoms with Crippen LogP contribution in [0.2, 0.25) is 0 Å². The van der Waals surface area contributed by atoms with Crippen LogP contribution >= 0.6 is 0 Å². The van der Waals surface area contributed by atoms with E-state index in [1.165, 1.54) is 51.4 Å². The van der Waals surface area contributed by atoms with Gasteiger partial charge in [-0.2, -0.15) is 0 Å². The second kappa shape index (κ2) is 5.32. The normalized spacial score (nSPS) is 54.6. The maximum atomic E-state index is 12.5. The Morgan fingerprint density at radius 2 is 1.67 bits per heavy atom. The molecule has 0 radical (unpaired) electrons. The molecule has 0 saturated heterocycles. The minimum Gasteiger partial charge on any atom is -0.393 e. The number of aliphatic hydroxyl groups excluding tert-OH is 1. The summed E-state index contributed by atoms with van der Waals surface area (Å²) in [5, 5.41) is 10.6. The summed E-state index contributed by atoms with van der Waals surface area (Å²) in [6.07, 6.45) is 14.4. The van der Waals surface area contributed by atoms with Crippen molar-refractivity contribution >= 4 is 5.78 Å². The summed E-state index contributed by atoms with van der Waals surface area (Å²) >= 11 is 0. The first-order valence-electron chi connectivity index (χ1n) is 10.7. The molecule has 5 saturated carbocycles. The summed E-state index contributed by atoms with van der Waals surface area (Å²) in [6.45, 7) is 2.38. The van der Waals surface area contributed by atoms with E-state index in [1.54, 1.807) is 0 Å². The molecule has 0 heterocycles. The van der Waals surface area contributed by atoms with Gasteiger partial charge in [-0.3, -0.25) is 4.79 Å². The van der Waals surface area contributed by atoms with Crippen LogP contribution in [0.25, 0.3) is 0 Å². The lowest BCUT2D eigenvalue weighted by Crippen LogP contribution is -2.52. The van der Waals surface area contributed by atoms with Crippen molar-refractivity contribution in [2.24, 2.45) is 40.4 Å². The number of carbonyl (C=O) groups is 1. The molecule has 1 N–H and O–H groups in total. The topological polar surface area (TPSA) is 37.3 Å². The highest BCUT2D eigenvalue weighted by atomic mass is 16.3. The first-order chi connectivity index (χ1) is 11.5. The van der Waals surface area contributed by atoms with E-state index in [-0.39, 0.29) is 11.5 Å². The van der Waals surface area contributed by atoms with Crippen LogP contribution in [0.4, 0.5) is 0 Å². The Bertz CT molecular complexity index is 538. The van der Waals surface area contributed by atoms with Gasteiger partial charge in [0.1, 0.15) is 5.78 Å². The minimum atomic E-state index is -0.0609. The van der Waals surface area contributed by atoms with E-state index in [4.69, 9.17) is 0 Å². The SMILES string of the molecule is CC12CCC3C4CCCC(=O)C[C@@]4(C4CC4)CC[C@H]3C1CC[C@@H]2O. The van der Waals surface area contributed by atoms with E-state index < -0.39 is 0 Å². The molecular formula is C22H34O2. The van der Waals surface area contributed by atoms with Gasteiger partial charge in [0.25, 0.3) is 0 Å². The van der Waals surface area contributed by atoms with E-state index in [2.05, 4.69) is 6.92 Å². The van der Waals surface area contributed by atoms with Crippen molar-refractivity contribution in [2.75, 3.05) is 0 Å². The van der Waals surface area contributed by atoms with Crippen LogP contribution in [0.15, 0.2) is 0 Å². The van der Waals surface area contributed by atoms with E-state index in [1.807, 2.05) is 0 Å². The fourth-order valence-electron chi connectivity index (χ4n) is 8.26. The van der Waals surface area contributed by atoms with E-state index >= 15 is 0 Å². The largest absolute Gasteiger partial charge is 0.393 e. The molecule has 0 aromatic rings. The molecule has 0 spiro atoms. The summed E-state index contributed by atoms with van der Waals surface area (Å²) < 4.78 is 0. The van der Waals surface area contributed by atoms with E-state index in [0.717, 1.165) is 55.3 Å². The van der Waals surface area contributed by atoms with Gasteiger partial charge in [0.15, 0.2) is 0 Å². The molecule has 7 atom stereocenters. The van der Waals surface area contributed by atoms with Crippen LogP contribution in [-0.4, -0.2) is 17.0 Å². The summed E-state index contributed by atoms with van der Waals surface area (Å²) in [6, 6.07) is 0. The highest BCUT2D eigenvalue weighted by Gasteiger charge is 2.62. The lowest BCUT2D eigenvalue weighted by atomic mass is 9.47. The maximum absolute atomic E-state index is 12.5. The molecule has 5 rings (SSSR count). The van der Waals surface area contributed by atoms with Gasteiger partial charge in [-0.25, -0.2) is 0 Å². The number of rotatable bonds is 1. The van der Waals surface area contributed by atoms with Crippen LogP contribution in [0.1, 0.15) is 84.0 Å². The zero-order chi connectivity index (χ0) is 16.5. The first-order valence-corrected chi connectivity index (χ1v) is 10.7. The number of carbonyl (C=O) groups excluding carboxylic acids is 1. The third-order valence-corrected chi connectivity index (χ3v) is 9.53. The lowest BCUT2D eigenvalue weighted by molar-refractivity contribution is -0.129. The van der Waals surface area contributed by atoms with Gasteiger partial charge in [0.2, 0.25) is 0 Å². The van der Waals surface area contributed by atoms with Gasteiger partial charge in [-0.1, -0.05) is 6.92 Å². The quantitative estimate of drug-likeness (QED) is 0.754. The molecule has 2 heteroatoms. The second-order valence-corrected chi connectivity index (χ2v) is 10.3. The number of Topliss-reactive ketones (excluding diaryl/α,β-unsaturated/α-hetero) is 1. The number of aliphatic hydroxyl groups is 1. The molecule has 5 fully saturated rings. The van der Waals surface area contributed by atoms with Crippen LogP contribution in [0.5, 0.6) is 0 Å². The van der Waals surface area contributed by atoms with Crippen LogP contribution in [0.3, 0.4) is 0 Å². The average molecular weight is 331 g/mol. The second-order valence-electron chi connectivity index (χ2n) is 10.3. The number of ketones is 1. The Labute approximate surface area is 146 Å². The first kappa shape index (κ1) is 15.9.